The second-order valence-electron chi connectivity index (χ2n) is 8.49. The first-order valence-corrected chi connectivity index (χ1v) is 11.3. The topological polar surface area (TPSA) is 82.5 Å². The number of thiazole rings is 1. The van der Waals surface area contributed by atoms with Crippen molar-refractivity contribution >= 4 is 33.4 Å². The maximum Gasteiger partial charge on any atom is 0.304 e. The SMILES string of the molecule is CN(C)CC#Cc1ccc2nc(CNC(=O)C3(CC(=O)O)Cc4ccccc4C3)sc2c1. The van der Waals surface area contributed by atoms with Crippen LogP contribution in [0.3, 0.4) is 0 Å². The third kappa shape index (κ3) is 4.82. The molecule has 1 aliphatic carbocycles. The molecular formula is C25H25N3O3S. The molecule has 0 saturated heterocycles. The fourth-order valence-corrected chi connectivity index (χ4v) is 5.06. The highest BCUT2D eigenvalue weighted by molar-refractivity contribution is 7.18. The van der Waals surface area contributed by atoms with Crippen molar-refractivity contribution in [1.82, 2.24) is 15.2 Å². The number of carbonyl (C=O) groups is 2. The molecular weight excluding hydrogens is 422 g/mol. The van der Waals surface area contributed by atoms with Crippen LogP contribution in [0.2, 0.25) is 0 Å². The third-order valence-corrected chi connectivity index (χ3v) is 6.63. The lowest BCUT2D eigenvalue weighted by atomic mass is 9.80. The lowest BCUT2D eigenvalue weighted by Crippen LogP contribution is -2.43. The molecule has 0 unspecified atom stereocenters. The molecule has 0 fully saturated rings. The Labute approximate surface area is 191 Å². The van der Waals surface area contributed by atoms with Crippen molar-refractivity contribution < 1.29 is 14.7 Å². The number of amides is 1. The number of hydrogen-bond acceptors (Lipinski definition) is 5. The first kappa shape index (κ1) is 22.0. The van der Waals surface area contributed by atoms with Crippen molar-refractivity contribution in [2.75, 3.05) is 20.6 Å². The number of fused-ring (bicyclic) bond motifs is 2. The molecule has 0 bridgehead atoms. The van der Waals surface area contributed by atoms with Gasteiger partial charge >= 0.3 is 5.97 Å². The minimum Gasteiger partial charge on any atom is -0.481 e. The van der Waals surface area contributed by atoms with E-state index in [1.165, 1.54) is 11.3 Å². The molecule has 0 spiro atoms. The van der Waals surface area contributed by atoms with Gasteiger partial charge in [0, 0.05) is 5.56 Å². The monoisotopic (exact) mass is 447 g/mol. The molecule has 4 rings (SSSR count). The van der Waals surface area contributed by atoms with E-state index in [9.17, 15) is 14.7 Å². The summed E-state index contributed by atoms with van der Waals surface area (Å²) in [5.41, 5.74) is 2.94. The van der Waals surface area contributed by atoms with Crippen LogP contribution in [0.15, 0.2) is 42.5 Å². The number of aromatic nitrogens is 1. The Morgan fingerprint density at radius 2 is 1.91 bits per heavy atom. The minimum absolute atomic E-state index is 0.192. The van der Waals surface area contributed by atoms with Crippen LogP contribution in [-0.2, 0) is 29.0 Å². The predicted molar refractivity (Wildman–Crippen MR) is 125 cm³/mol. The van der Waals surface area contributed by atoms with Crippen molar-refractivity contribution in [1.29, 1.82) is 0 Å². The Kier molecular flexibility index (Phi) is 6.26. The Hall–Kier alpha value is -3.21. The van der Waals surface area contributed by atoms with E-state index in [2.05, 4.69) is 22.1 Å². The number of benzene rings is 2. The van der Waals surface area contributed by atoms with Gasteiger partial charge in [-0.2, -0.15) is 0 Å². The average Bonchev–Trinajstić information content (AvgIpc) is 3.31. The summed E-state index contributed by atoms with van der Waals surface area (Å²) in [4.78, 5) is 31.3. The van der Waals surface area contributed by atoms with E-state index in [1.54, 1.807) is 0 Å². The summed E-state index contributed by atoms with van der Waals surface area (Å²) in [6, 6.07) is 13.7. The molecule has 2 aromatic carbocycles. The molecule has 2 N–H and O–H groups in total. The van der Waals surface area contributed by atoms with Crippen LogP contribution >= 0.6 is 11.3 Å². The number of rotatable bonds is 6. The van der Waals surface area contributed by atoms with Crippen molar-refractivity contribution in [3.8, 4) is 11.8 Å². The van der Waals surface area contributed by atoms with Gasteiger partial charge in [0.1, 0.15) is 5.01 Å². The van der Waals surface area contributed by atoms with Gasteiger partial charge in [-0.05, 0) is 56.3 Å². The number of carbonyl (C=O) groups excluding carboxylic acids is 1. The van der Waals surface area contributed by atoms with E-state index in [4.69, 9.17) is 0 Å². The van der Waals surface area contributed by atoms with Gasteiger partial charge in [0.15, 0.2) is 0 Å². The molecule has 1 aromatic heterocycles. The summed E-state index contributed by atoms with van der Waals surface area (Å²) in [6.45, 7) is 0.970. The average molecular weight is 448 g/mol. The number of nitrogens with one attached hydrogen (secondary N) is 1. The Bertz CT molecular complexity index is 1210. The van der Waals surface area contributed by atoms with Gasteiger partial charge in [0.2, 0.25) is 5.91 Å². The quantitative estimate of drug-likeness (QED) is 0.568. The van der Waals surface area contributed by atoms with Gasteiger partial charge in [-0.25, -0.2) is 4.98 Å². The molecule has 1 heterocycles. The Morgan fingerprint density at radius 3 is 2.56 bits per heavy atom. The molecule has 3 aromatic rings. The number of carboxylic acids is 1. The summed E-state index contributed by atoms with van der Waals surface area (Å²) in [6.07, 6.45) is 0.689. The maximum absolute atomic E-state index is 13.2. The largest absolute Gasteiger partial charge is 0.481 e. The van der Waals surface area contributed by atoms with Gasteiger partial charge in [0.05, 0.1) is 35.1 Å². The van der Waals surface area contributed by atoms with Crippen LogP contribution < -0.4 is 5.32 Å². The molecule has 1 amide bonds. The van der Waals surface area contributed by atoms with Gasteiger partial charge in [-0.15, -0.1) is 11.3 Å². The number of nitrogens with zero attached hydrogens (tertiary/aromatic N) is 2. The fourth-order valence-electron chi connectivity index (χ4n) is 4.12. The lowest BCUT2D eigenvalue weighted by molar-refractivity contribution is -0.145. The summed E-state index contributed by atoms with van der Waals surface area (Å²) in [7, 11) is 3.96. The van der Waals surface area contributed by atoms with Crippen LogP contribution in [0.1, 0.15) is 28.1 Å². The van der Waals surface area contributed by atoms with E-state index in [0.29, 0.717) is 19.4 Å². The van der Waals surface area contributed by atoms with Crippen LogP contribution in [0.25, 0.3) is 10.2 Å². The molecule has 0 saturated carbocycles. The van der Waals surface area contributed by atoms with E-state index >= 15 is 0 Å². The van der Waals surface area contributed by atoms with E-state index in [0.717, 1.165) is 31.9 Å². The van der Waals surface area contributed by atoms with Gasteiger partial charge in [0.25, 0.3) is 0 Å². The standard InChI is InChI=1S/C25H25N3O3S/c1-28(2)11-5-6-17-9-10-20-21(12-17)32-22(27-20)16-26-24(31)25(15-23(29)30)13-18-7-3-4-8-19(18)14-25/h3-4,7-10,12H,11,13-16H2,1-2H3,(H,26,31)(H,29,30). The predicted octanol–water partition coefficient (Wildman–Crippen LogP) is 3.09. The number of carboxylic acid groups (broad SMARTS) is 1. The smallest absolute Gasteiger partial charge is 0.304 e. The van der Waals surface area contributed by atoms with Gasteiger partial charge < -0.3 is 10.4 Å². The fraction of sp³-hybridized carbons (Fsp3) is 0.320. The van der Waals surface area contributed by atoms with Crippen LogP contribution in [-0.4, -0.2) is 47.5 Å². The summed E-state index contributed by atoms with van der Waals surface area (Å²) >= 11 is 1.52. The first-order chi connectivity index (χ1) is 15.3. The van der Waals surface area contributed by atoms with Gasteiger partial charge in [-0.1, -0.05) is 36.1 Å². The van der Waals surface area contributed by atoms with Crippen LogP contribution in [0.5, 0.6) is 0 Å². The van der Waals surface area contributed by atoms with E-state index in [-0.39, 0.29) is 18.9 Å². The van der Waals surface area contributed by atoms with E-state index < -0.39 is 11.4 Å². The van der Waals surface area contributed by atoms with E-state index in [1.807, 2.05) is 61.5 Å². The highest BCUT2D eigenvalue weighted by atomic mass is 32.1. The molecule has 0 radical (unpaired) electrons. The zero-order valence-electron chi connectivity index (χ0n) is 18.1. The summed E-state index contributed by atoms with van der Waals surface area (Å²) < 4.78 is 1.01. The Morgan fingerprint density at radius 1 is 1.19 bits per heavy atom. The van der Waals surface area contributed by atoms with Gasteiger partial charge in [-0.3, -0.25) is 14.5 Å². The zero-order chi connectivity index (χ0) is 22.7. The number of hydrogen-bond donors (Lipinski definition) is 2. The number of aliphatic carboxylic acids is 1. The normalized spacial score (nSPS) is 14.1. The molecule has 164 valence electrons. The highest BCUT2D eigenvalue weighted by Crippen LogP contribution is 2.40. The van der Waals surface area contributed by atoms with Crippen molar-refractivity contribution in [2.45, 2.75) is 25.8 Å². The second-order valence-corrected chi connectivity index (χ2v) is 9.60. The molecule has 0 aliphatic heterocycles. The van der Waals surface area contributed by atoms with Crippen molar-refractivity contribution in [2.24, 2.45) is 5.41 Å². The lowest BCUT2D eigenvalue weighted by Gasteiger charge is -2.25. The molecule has 6 nitrogen and oxygen atoms in total. The van der Waals surface area contributed by atoms with Crippen LogP contribution in [0, 0.1) is 17.3 Å². The maximum atomic E-state index is 13.2. The third-order valence-electron chi connectivity index (χ3n) is 5.61. The van der Waals surface area contributed by atoms with Crippen molar-refractivity contribution in [3.63, 3.8) is 0 Å². The molecule has 7 heteroatoms. The van der Waals surface area contributed by atoms with Crippen molar-refractivity contribution in [3.05, 3.63) is 64.2 Å². The molecule has 1 aliphatic rings. The molecule has 0 atom stereocenters. The summed E-state index contributed by atoms with van der Waals surface area (Å²) in [5, 5.41) is 13.2. The minimum atomic E-state index is -0.962. The zero-order valence-corrected chi connectivity index (χ0v) is 19.0. The molecule has 32 heavy (non-hydrogen) atoms. The van der Waals surface area contributed by atoms with Crippen LogP contribution in [0.4, 0.5) is 0 Å². The second kappa shape index (κ2) is 9.11. The summed E-state index contributed by atoms with van der Waals surface area (Å²) in [5.74, 6) is 5.09. The highest BCUT2D eigenvalue weighted by Gasteiger charge is 2.45. The Balaban J connectivity index is 1.47. The first-order valence-electron chi connectivity index (χ1n) is 10.4.